The van der Waals surface area contributed by atoms with E-state index < -0.39 is 0 Å². The predicted molar refractivity (Wildman–Crippen MR) is 79.3 cm³/mol. The minimum Gasteiger partial charge on any atom is -0.497 e. The fraction of sp³-hybridized carbons (Fsp3) is 0.294. The van der Waals surface area contributed by atoms with Crippen LogP contribution in [0.15, 0.2) is 42.5 Å². The summed E-state index contributed by atoms with van der Waals surface area (Å²) in [6, 6.07) is 12.9. The van der Waals surface area contributed by atoms with Gasteiger partial charge < -0.3 is 9.64 Å². The molecule has 2 aromatic carbocycles. The fourth-order valence-electron chi connectivity index (χ4n) is 2.73. The second-order valence-electron chi connectivity index (χ2n) is 5.08. The Kier molecular flexibility index (Phi) is 3.59. The Labute approximate surface area is 118 Å². The number of fused-ring (bicyclic) bond motifs is 1. The molecule has 3 heteroatoms. The first-order valence-electron chi connectivity index (χ1n) is 6.98. The number of nitrogens with zero attached hydrogens (tertiary/aromatic N) is 1. The molecule has 1 heterocycles. The van der Waals surface area contributed by atoms with Crippen LogP contribution in [0.3, 0.4) is 0 Å². The van der Waals surface area contributed by atoms with Gasteiger partial charge in [0, 0.05) is 24.0 Å². The molecule has 0 N–H and O–H groups in total. The highest BCUT2D eigenvalue weighted by Gasteiger charge is 2.17. The molecule has 0 aliphatic carbocycles. The van der Waals surface area contributed by atoms with Gasteiger partial charge in [0.2, 0.25) is 0 Å². The van der Waals surface area contributed by atoms with Crippen LogP contribution in [0, 0.1) is 5.82 Å². The minimum atomic E-state index is -0.200. The van der Waals surface area contributed by atoms with Crippen molar-refractivity contribution in [2.24, 2.45) is 0 Å². The Balaban J connectivity index is 2.05. The van der Waals surface area contributed by atoms with E-state index in [-0.39, 0.29) is 5.82 Å². The topological polar surface area (TPSA) is 12.5 Å². The zero-order chi connectivity index (χ0) is 13.9. The van der Waals surface area contributed by atoms with Crippen molar-refractivity contribution in [3.8, 4) is 5.75 Å². The molecule has 2 nitrogen and oxygen atoms in total. The summed E-state index contributed by atoms with van der Waals surface area (Å²) in [7, 11) is 1.68. The van der Waals surface area contributed by atoms with Crippen molar-refractivity contribution >= 4 is 11.4 Å². The van der Waals surface area contributed by atoms with E-state index in [1.54, 1.807) is 7.11 Å². The second kappa shape index (κ2) is 5.53. The highest BCUT2D eigenvalue weighted by Crippen LogP contribution is 2.35. The molecule has 1 aliphatic rings. The summed E-state index contributed by atoms with van der Waals surface area (Å²) < 4.78 is 18.4. The van der Waals surface area contributed by atoms with E-state index in [4.69, 9.17) is 4.74 Å². The van der Waals surface area contributed by atoms with E-state index in [9.17, 15) is 4.39 Å². The van der Waals surface area contributed by atoms with Crippen LogP contribution in [-0.2, 0) is 6.42 Å². The van der Waals surface area contributed by atoms with Crippen LogP contribution in [0.4, 0.5) is 15.8 Å². The molecule has 0 saturated carbocycles. The van der Waals surface area contributed by atoms with Crippen molar-refractivity contribution in [2.45, 2.75) is 19.3 Å². The summed E-state index contributed by atoms with van der Waals surface area (Å²) in [4.78, 5) is 2.25. The van der Waals surface area contributed by atoms with Crippen molar-refractivity contribution < 1.29 is 9.13 Å². The van der Waals surface area contributed by atoms with Crippen molar-refractivity contribution in [3.05, 3.63) is 53.8 Å². The lowest BCUT2D eigenvalue weighted by atomic mass is 10.1. The highest BCUT2D eigenvalue weighted by atomic mass is 19.1. The van der Waals surface area contributed by atoms with Crippen LogP contribution < -0.4 is 9.64 Å². The summed E-state index contributed by atoms with van der Waals surface area (Å²) in [5.74, 6) is 0.659. The number of methoxy groups -OCH3 is 1. The Morgan fingerprint density at radius 3 is 2.60 bits per heavy atom. The molecular weight excluding hydrogens is 253 g/mol. The third-order valence-electron chi connectivity index (χ3n) is 3.80. The van der Waals surface area contributed by atoms with Gasteiger partial charge in [-0.25, -0.2) is 4.39 Å². The average molecular weight is 271 g/mol. The molecule has 0 unspecified atom stereocenters. The van der Waals surface area contributed by atoms with Crippen LogP contribution >= 0.6 is 0 Å². The first-order valence-corrected chi connectivity index (χ1v) is 6.98. The third kappa shape index (κ3) is 2.48. The Hall–Kier alpha value is -2.03. The molecule has 0 aromatic heterocycles. The fourth-order valence-corrected chi connectivity index (χ4v) is 2.73. The van der Waals surface area contributed by atoms with Gasteiger partial charge in [-0.05, 0) is 55.2 Å². The predicted octanol–water partition coefficient (Wildman–Crippen LogP) is 4.31. The Bertz CT molecular complexity index is 594. The van der Waals surface area contributed by atoms with E-state index in [1.165, 1.54) is 29.8 Å². The van der Waals surface area contributed by atoms with Crippen molar-refractivity contribution in [1.82, 2.24) is 0 Å². The highest BCUT2D eigenvalue weighted by molar-refractivity contribution is 5.68. The molecule has 0 radical (unpaired) electrons. The van der Waals surface area contributed by atoms with Crippen molar-refractivity contribution in [2.75, 3.05) is 18.6 Å². The normalized spacial score (nSPS) is 14.6. The second-order valence-corrected chi connectivity index (χ2v) is 5.08. The van der Waals surface area contributed by atoms with Gasteiger partial charge >= 0.3 is 0 Å². The van der Waals surface area contributed by atoms with E-state index in [0.29, 0.717) is 0 Å². The van der Waals surface area contributed by atoms with E-state index in [1.807, 2.05) is 18.2 Å². The zero-order valence-electron chi connectivity index (χ0n) is 11.6. The van der Waals surface area contributed by atoms with Gasteiger partial charge in [0.25, 0.3) is 0 Å². The molecule has 20 heavy (non-hydrogen) atoms. The number of benzene rings is 2. The molecular formula is C17H18FNO. The van der Waals surface area contributed by atoms with Gasteiger partial charge in [0.1, 0.15) is 11.6 Å². The van der Waals surface area contributed by atoms with E-state index in [0.717, 1.165) is 30.8 Å². The minimum absolute atomic E-state index is 0.200. The molecule has 2 aromatic rings. The van der Waals surface area contributed by atoms with Crippen LogP contribution in [0.5, 0.6) is 5.75 Å². The van der Waals surface area contributed by atoms with Crippen LogP contribution in [0.2, 0.25) is 0 Å². The summed E-state index contributed by atoms with van der Waals surface area (Å²) in [6.45, 7) is 0.950. The number of hydrogen-bond donors (Lipinski definition) is 0. The summed E-state index contributed by atoms with van der Waals surface area (Å²) in [5, 5.41) is 0. The first-order chi connectivity index (χ1) is 9.78. The lowest BCUT2D eigenvalue weighted by Gasteiger charge is -2.25. The van der Waals surface area contributed by atoms with Crippen LogP contribution in [0.25, 0.3) is 0 Å². The van der Waals surface area contributed by atoms with E-state index in [2.05, 4.69) is 17.0 Å². The summed E-state index contributed by atoms with van der Waals surface area (Å²) >= 11 is 0. The third-order valence-corrected chi connectivity index (χ3v) is 3.80. The average Bonchev–Trinajstić information content (AvgIpc) is 2.69. The first kappa shape index (κ1) is 13.0. The monoisotopic (exact) mass is 271 g/mol. The lowest BCUT2D eigenvalue weighted by Crippen LogP contribution is -2.17. The van der Waals surface area contributed by atoms with Gasteiger partial charge in [-0.3, -0.25) is 0 Å². The van der Waals surface area contributed by atoms with Gasteiger partial charge in [0.05, 0.1) is 7.11 Å². The van der Waals surface area contributed by atoms with E-state index >= 15 is 0 Å². The quantitative estimate of drug-likeness (QED) is 0.807. The Morgan fingerprint density at radius 1 is 1.05 bits per heavy atom. The molecule has 0 amide bonds. The number of ether oxygens (including phenoxy) is 1. The maximum absolute atomic E-state index is 13.1. The number of halogens is 1. The Morgan fingerprint density at radius 2 is 1.85 bits per heavy atom. The maximum atomic E-state index is 13.1. The smallest absolute Gasteiger partial charge is 0.123 e. The van der Waals surface area contributed by atoms with Gasteiger partial charge in [-0.15, -0.1) is 0 Å². The summed E-state index contributed by atoms with van der Waals surface area (Å²) in [6.07, 6.45) is 3.39. The number of hydrogen-bond acceptors (Lipinski definition) is 2. The van der Waals surface area contributed by atoms with Gasteiger partial charge in [0.15, 0.2) is 0 Å². The largest absolute Gasteiger partial charge is 0.497 e. The molecule has 1 aliphatic heterocycles. The molecule has 0 saturated heterocycles. The standard InChI is InChI=1S/C17H18FNO/c1-20-16-10-5-13-4-2-3-11-19(17(13)12-16)15-8-6-14(18)7-9-15/h5-10,12H,2-4,11H2,1H3. The maximum Gasteiger partial charge on any atom is 0.123 e. The summed E-state index contributed by atoms with van der Waals surface area (Å²) in [5.41, 5.74) is 3.53. The molecule has 0 fully saturated rings. The van der Waals surface area contributed by atoms with Gasteiger partial charge in [-0.2, -0.15) is 0 Å². The lowest BCUT2D eigenvalue weighted by molar-refractivity contribution is 0.415. The van der Waals surface area contributed by atoms with Crippen molar-refractivity contribution in [1.29, 1.82) is 0 Å². The number of aryl methyl sites for hydroxylation is 1. The SMILES string of the molecule is COc1ccc2c(c1)N(c1ccc(F)cc1)CCCC2. The number of rotatable bonds is 2. The molecule has 3 rings (SSSR count). The molecule has 0 bridgehead atoms. The molecule has 0 spiro atoms. The van der Waals surface area contributed by atoms with Gasteiger partial charge in [-0.1, -0.05) is 6.07 Å². The number of anilines is 2. The molecule has 104 valence electrons. The van der Waals surface area contributed by atoms with Crippen LogP contribution in [-0.4, -0.2) is 13.7 Å². The van der Waals surface area contributed by atoms with Crippen molar-refractivity contribution in [3.63, 3.8) is 0 Å². The van der Waals surface area contributed by atoms with Crippen LogP contribution in [0.1, 0.15) is 18.4 Å². The molecule has 0 atom stereocenters. The zero-order valence-corrected chi connectivity index (χ0v) is 11.6.